The lowest BCUT2D eigenvalue weighted by molar-refractivity contribution is -0.189. The summed E-state index contributed by atoms with van der Waals surface area (Å²) in [6.07, 6.45) is -4.48. The van der Waals surface area contributed by atoms with Gasteiger partial charge in [0.05, 0.1) is 5.92 Å². The fraction of sp³-hybridized carbons (Fsp3) is 1.00. The van der Waals surface area contributed by atoms with Gasteiger partial charge < -0.3 is 5.11 Å². The van der Waals surface area contributed by atoms with Crippen LogP contribution in [0.1, 0.15) is 19.8 Å². The van der Waals surface area contributed by atoms with E-state index in [9.17, 15) is 13.2 Å². The Balaban J connectivity index is 2.39. The minimum absolute atomic E-state index is 0.106. The number of hydrogen-bond acceptors (Lipinski definition) is 2. The van der Waals surface area contributed by atoms with Crippen molar-refractivity contribution in [3.63, 3.8) is 0 Å². The second-order valence-corrected chi connectivity index (χ2v) is 3.48. The van der Waals surface area contributed by atoms with E-state index in [2.05, 4.69) is 0 Å². The molecule has 0 amide bonds. The van der Waals surface area contributed by atoms with Crippen LogP contribution in [0.5, 0.6) is 0 Å². The highest BCUT2D eigenvalue weighted by atomic mass is 19.4. The highest BCUT2D eigenvalue weighted by Gasteiger charge is 2.41. The van der Waals surface area contributed by atoms with E-state index in [0.717, 1.165) is 0 Å². The van der Waals surface area contributed by atoms with Crippen molar-refractivity contribution < 1.29 is 18.3 Å². The molecule has 1 unspecified atom stereocenters. The maximum Gasteiger partial charge on any atom is 0.391 e. The molecule has 1 saturated heterocycles. The highest BCUT2D eigenvalue weighted by molar-refractivity contribution is 4.77. The molecule has 1 N–H and O–H groups in total. The number of nitrogens with zero attached hydrogens (tertiary/aromatic N) is 1. The molecule has 0 saturated carbocycles. The smallest absolute Gasteiger partial charge is 0.379 e. The number of likely N-dealkylation sites (tertiary alicyclic amines) is 1. The van der Waals surface area contributed by atoms with E-state index >= 15 is 0 Å². The molecule has 0 aliphatic carbocycles. The predicted octanol–water partition coefficient (Wildman–Crippen LogP) is 1.60. The summed E-state index contributed by atoms with van der Waals surface area (Å²) in [7, 11) is 0. The van der Waals surface area contributed by atoms with Gasteiger partial charge in [-0.3, -0.25) is 4.90 Å². The predicted molar refractivity (Wildman–Crippen MR) is 42.0 cm³/mol. The van der Waals surface area contributed by atoms with Crippen LogP contribution < -0.4 is 0 Å². The lowest BCUT2D eigenvalue weighted by Gasteiger charge is -2.34. The molecule has 1 atom stereocenters. The van der Waals surface area contributed by atoms with E-state index in [1.807, 2.05) is 0 Å². The van der Waals surface area contributed by atoms with Crippen LogP contribution in [0, 0.1) is 5.92 Å². The van der Waals surface area contributed by atoms with Gasteiger partial charge in [-0.25, -0.2) is 0 Å². The minimum atomic E-state index is -4.06. The van der Waals surface area contributed by atoms with E-state index in [1.54, 1.807) is 11.8 Å². The zero-order chi connectivity index (χ0) is 10.1. The van der Waals surface area contributed by atoms with Gasteiger partial charge in [-0.05, 0) is 19.8 Å². The van der Waals surface area contributed by atoms with E-state index in [0.29, 0.717) is 13.1 Å². The standard InChI is InChI=1S/C8H14F3NO/c1-6(13)12-4-2-7(3-5-12)8(9,10)11/h6-7,13H,2-5H2,1H3. The molecule has 13 heavy (non-hydrogen) atoms. The third-order valence-electron chi connectivity index (χ3n) is 2.52. The van der Waals surface area contributed by atoms with Crippen molar-refractivity contribution in [2.45, 2.75) is 32.2 Å². The fourth-order valence-corrected chi connectivity index (χ4v) is 1.60. The Labute approximate surface area is 75.3 Å². The topological polar surface area (TPSA) is 23.5 Å². The molecule has 1 rings (SSSR count). The molecule has 0 aromatic carbocycles. The highest BCUT2D eigenvalue weighted by Crippen LogP contribution is 2.34. The first-order chi connectivity index (χ1) is 5.91. The molecular formula is C8H14F3NO. The van der Waals surface area contributed by atoms with Crippen LogP contribution in [0.15, 0.2) is 0 Å². The van der Waals surface area contributed by atoms with Crippen LogP contribution >= 0.6 is 0 Å². The lowest BCUT2D eigenvalue weighted by Crippen LogP contribution is -2.43. The fourth-order valence-electron chi connectivity index (χ4n) is 1.60. The molecule has 1 aliphatic rings. The summed E-state index contributed by atoms with van der Waals surface area (Å²) < 4.78 is 36.6. The molecule has 0 spiro atoms. The number of alkyl halides is 3. The molecule has 0 bridgehead atoms. The summed E-state index contributed by atoms with van der Waals surface area (Å²) in [5.41, 5.74) is 0. The number of aliphatic hydroxyl groups is 1. The summed E-state index contributed by atoms with van der Waals surface area (Å²) in [5.74, 6) is -1.18. The van der Waals surface area contributed by atoms with Crippen molar-refractivity contribution >= 4 is 0 Å². The van der Waals surface area contributed by atoms with Gasteiger partial charge >= 0.3 is 6.18 Å². The number of halogens is 3. The molecule has 1 aliphatic heterocycles. The minimum Gasteiger partial charge on any atom is -0.379 e. The molecule has 2 nitrogen and oxygen atoms in total. The second-order valence-electron chi connectivity index (χ2n) is 3.48. The first-order valence-electron chi connectivity index (χ1n) is 4.40. The summed E-state index contributed by atoms with van der Waals surface area (Å²) >= 11 is 0. The zero-order valence-electron chi connectivity index (χ0n) is 7.51. The van der Waals surface area contributed by atoms with Crippen molar-refractivity contribution in [2.24, 2.45) is 5.92 Å². The number of hydrogen-bond donors (Lipinski definition) is 1. The molecule has 1 fully saturated rings. The largest absolute Gasteiger partial charge is 0.391 e. The quantitative estimate of drug-likeness (QED) is 0.690. The van der Waals surface area contributed by atoms with E-state index in [-0.39, 0.29) is 12.8 Å². The third kappa shape index (κ3) is 2.84. The first kappa shape index (κ1) is 10.8. The van der Waals surface area contributed by atoms with Crippen molar-refractivity contribution in [3.05, 3.63) is 0 Å². The summed E-state index contributed by atoms with van der Waals surface area (Å²) in [6.45, 7) is 2.25. The van der Waals surface area contributed by atoms with E-state index in [1.165, 1.54) is 0 Å². The van der Waals surface area contributed by atoms with Gasteiger partial charge in [0.2, 0.25) is 0 Å². The van der Waals surface area contributed by atoms with Crippen molar-refractivity contribution in [1.29, 1.82) is 0 Å². The molecule has 0 aromatic heterocycles. The summed E-state index contributed by atoms with van der Waals surface area (Å²) in [4.78, 5) is 1.66. The Hall–Kier alpha value is -0.290. The van der Waals surface area contributed by atoms with Gasteiger partial charge in [0, 0.05) is 13.1 Å². The van der Waals surface area contributed by atoms with Gasteiger partial charge in [-0.15, -0.1) is 0 Å². The molecule has 0 aromatic rings. The maximum absolute atomic E-state index is 12.2. The van der Waals surface area contributed by atoms with E-state index in [4.69, 9.17) is 5.11 Å². The molecule has 5 heteroatoms. The van der Waals surface area contributed by atoms with Gasteiger partial charge in [-0.2, -0.15) is 13.2 Å². The van der Waals surface area contributed by atoms with Crippen molar-refractivity contribution in [3.8, 4) is 0 Å². The van der Waals surface area contributed by atoms with Gasteiger partial charge in [-0.1, -0.05) is 0 Å². The number of aliphatic hydroxyl groups excluding tert-OH is 1. The Morgan fingerprint density at radius 2 is 1.77 bits per heavy atom. The molecule has 0 radical (unpaired) electrons. The van der Waals surface area contributed by atoms with Gasteiger partial charge in [0.25, 0.3) is 0 Å². The average Bonchev–Trinajstić information content (AvgIpc) is 2.03. The Morgan fingerprint density at radius 1 is 1.31 bits per heavy atom. The van der Waals surface area contributed by atoms with Crippen LogP contribution in [-0.2, 0) is 0 Å². The SMILES string of the molecule is CC(O)N1CCC(C(F)(F)F)CC1. The van der Waals surface area contributed by atoms with Crippen LogP contribution in [0.25, 0.3) is 0 Å². The number of piperidine rings is 1. The Morgan fingerprint density at radius 3 is 2.08 bits per heavy atom. The monoisotopic (exact) mass is 197 g/mol. The molecule has 78 valence electrons. The maximum atomic E-state index is 12.2. The Bertz CT molecular complexity index is 161. The third-order valence-corrected chi connectivity index (χ3v) is 2.52. The van der Waals surface area contributed by atoms with Crippen LogP contribution in [0.4, 0.5) is 13.2 Å². The van der Waals surface area contributed by atoms with Crippen LogP contribution in [0.2, 0.25) is 0 Å². The van der Waals surface area contributed by atoms with Gasteiger partial charge in [0.15, 0.2) is 0 Å². The number of rotatable bonds is 1. The lowest BCUT2D eigenvalue weighted by atomic mass is 9.96. The van der Waals surface area contributed by atoms with Crippen LogP contribution in [-0.4, -0.2) is 35.5 Å². The van der Waals surface area contributed by atoms with Crippen molar-refractivity contribution in [2.75, 3.05) is 13.1 Å². The second kappa shape index (κ2) is 3.84. The molecule has 1 heterocycles. The Kier molecular flexibility index (Phi) is 3.18. The van der Waals surface area contributed by atoms with Crippen LogP contribution in [0.3, 0.4) is 0 Å². The van der Waals surface area contributed by atoms with Gasteiger partial charge in [0.1, 0.15) is 6.23 Å². The van der Waals surface area contributed by atoms with E-state index < -0.39 is 18.3 Å². The average molecular weight is 197 g/mol. The summed E-state index contributed by atoms with van der Waals surface area (Å²) in [6, 6.07) is 0. The van der Waals surface area contributed by atoms with Crippen molar-refractivity contribution in [1.82, 2.24) is 4.90 Å². The normalized spacial score (nSPS) is 24.7. The first-order valence-corrected chi connectivity index (χ1v) is 4.40. The zero-order valence-corrected chi connectivity index (χ0v) is 7.51. The molecular weight excluding hydrogens is 183 g/mol. The summed E-state index contributed by atoms with van der Waals surface area (Å²) in [5, 5.41) is 9.11.